The molecule has 3 aromatic carbocycles. The highest BCUT2D eigenvalue weighted by Gasteiger charge is 2.44. The predicted molar refractivity (Wildman–Crippen MR) is 298 cm³/mol. The minimum absolute atomic E-state index is 0.0184. The van der Waals surface area contributed by atoms with E-state index < -0.39 is 20.5 Å². The van der Waals surface area contributed by atoms with Crippen LogP contribution in [-0.4, -0.2) is 45.8 Å². The van der Waals surface area contributed by atoms with Crippen molar-refractivity contribution in [3.8, 4) is 0 Å². The molecule has 69 heavy (non-hydrogen) atoms. The lowest BCUT2D eigenvalue weighted by Gasteiger charge is -2.32. The fraction of sp³-hybridized carbons (Fsp3) is 0.705. The van der Waals surface area contributed by atoms with Gasteiger partial charge in [-0.1, -0.05) is 249 Å². The van der Waals surface area contributed by atoms with E-state index in [9.17, 15) is 9.46 Å². The van der Waals surface area contributed by atoms with E-state index in [1.54, 1.807) is 0 Å². The summed E-state index contributed by atoms with van der Waals surface area (Å²) in [6.45, 7) is 8.82. The molecule has 0 bridgehead atoms. The van der Waals surface area contributed by atoms with Crippen LogP contribution in [0.1, 0.15) is 226 Å². The van der Waals surface area contributed by atoms with Gasteiger partial charge in [0.05, 0.1) is 32.6 Å². The van der Waals surface area contributed by atoms with Crippen molar-refractivity contribution in [1.29, 1.82) is 0 Å². The fourth-order valence-corrected chi connectivity index (χ4v) is 15.0. The SMILES string of the molecule is CCCCCCCCCCCCCCCCOCC(C)(COCCCCCCCCCCCCCCCC)COP(=O)([O-])OCCCCCC[P+](c1ccccc1)(c1ccccc1)c1ccccc1. The molecule has 0 aliphatic heterocycles. The third-order valence-electron chi connectivity index (χ3n) is 14.0. The van der Waals surface area contributed by atoms with Crippen LogP contribution in [0, 0.1) is 5.41 Å². The Morgan fingerprint density at radius 1 is 0.391 bits per heavy atom. The Bertz CT molecular complexity index is 1490. The van der Waals surface area contributed by atoms with Crippen molar-refractivity contribution in [2.45, 2.75) is 226 Å². The van der Waals surface area contributed by atoms with Crippen molar-refractivity contribution in [2.24, 2.45) is 5.41 Å². The van der Waals surface area contributed by atoms with Crippen LogP contribution in [0.3, 0.4) is 0 Å². The van der Waals surface area contributed by atoms with Gasteiger partial charge in [0.1, 0.15) is 23.2 Å². The summed E-state index contributed by atoms with van der Waals surface area (Å²) in [4.78, 5) is 13.1. The second-order valence-electron chi connectivity index (χ2n) is 20.6. The van der Waals surface area contributed by atoms with Gasteiger partial charge in [-0.3, -0.25) is 4.57 Å². The maximum Gasteiger partial charge on any atom is 0.267 e. The van der Waals surface area contributed by atoms with Gasteiger partial charge in [0.2, 0.25) is 0 Å². The van der Waals surface area contributed by atoms with Crippen molar-refractivity contribution in [3.63, 3.8) is 0 Å². The van der Waals surface area contributed by atoms with E-state index in [-0.39, 0.29) is 13.2 Å². The lowest BCUT2D eigenvalue weighted by molar-refractivity contribution is -0.229. The van der Waals surface area contributed by atoms with Crippen molar-refractivity contribution < 1.29 is 28.0 Å². The van der Waals surface area contributed by atoms with Gasteiger partial charge in [-0.05, 0) is 68.5 Å². The summed E-state index contributed by atoms with van der Waals surface area (Å²) in [5.74, 6) is 0. The van der Waals surface area contributed by atoms with Gasteiger partial charge < -0.3 is 23.4 Å². The number of rotatable bonds is 48. The molecule has 0 saturated carbocycles. The highest BCUT2D eigenvalue weighted by molar-refractivity contribution is 7.95. The zero-order valence-electron chi connectivity index (χ0n) is 44.6. The number of phosphoric acid groups is 1. The number of ether oxygens (including phenoxy) is 2. The molecule has 0 N–H and O–H groups in total. The van der Waals surface area contributed by atoms with Gasteiger partial charge in [0.15, 0.2) is 0 Å². The first kappa shape index (κ1) is 61.4. The Hall–Kier alpha value is -1.88. The van der Waals surface area contributed by atoms with E-state index in [4.69, 9.17) is 18.5 Å². The molecule has 1 atom stereocenters. The third kappa shape index (κ3) is 28.8. The summed E-state index contributed by atoms with van der Waals surface area (Å²) in [6, 6.07) is 33.0. The van der Waals surface area contributed by atoms with Crippen LogP contribution in [0.2, 0.25) is 0 Å². The average molecular weight is 993 g/mol. The molecule has 1 unspecified atom stereocenters. The van der Waals surface area contributed by atoms with Crippen LogP contribution >= 0.6 is 15.1 Å². The normalized spacial score (nSPS) is 13.0. The summed E-state index contributed by atoms with van der Waals surface area (Å²) in [6.07, 6.45) is 41.7. The van der Waals surface area contributed by atoms with Crippen LogP contribution in [0.25, 0.3) is 0 Å². The fourth-order valence-electron chi connectivity index (χ4n) is 9.69. The van der Waals surface area contributed by atoms with E-state index >= 15 is 0 Å². The molecule has 0 aliphatic carbocycles. The van der Waals surface area contributed by atoms with Crippen molar-refractivity contribution in [3.05, 3.63) is 91.0 Å². The molecule has 392 valence electrons. The van der Waals surface area contributed by atoms with Crippen LogP contribution in [0.5, 0.6) is 0 Å². The van der Waals surface area contributed by atoms with E-state index in [0.717, 1.165) is 38.3 Å². The molecule has 0 amide bonds. The van der Waals surface area contributed by atoms with E-state index in [2.05, 4.69) is 105 Å². The molecule has 8 heteroatoms. The van der Waals surface area contributed by atoms with Gasteiger partial charge in [-0.25, -0.2) is 0 Å². The number of unbranched alkanes of at least 4 members (excludes halogenated alkanes) is 29. The van der Waals surface area contributed by atoms with Crippen LogP contribution < -0.4 is 20.8 Å². The lowest BCUT2D eigenvalue weighted by Crippen LogP contribution is -2.35. The van der Waals surface area contributed by atoms with Crippen molar-refractivity contribution in [1.82, 2.24) is 0 Å². The van der Waals surface area contributed by atoms with Crippen molar-refractivity contribution >= 4 is 31.0 Å². The summed E-state index contributed by atoms with van der Waals surface area (Å²) < 4.78 is 36.6. The first-order valence-corrected chi connectivity index (χ1v) is 32.1. The van der Waals surface area contributed by atoms with E-state index in [1.807, 2.05) is 6.92 Å². The van der Waals surface area contributed by atoms with Gasteiger partial charge in [0, 0.05) is 18.6 Å². The molecule has 0 aliphatic rings. The quantitative estimate of drug-likeness (QED) is 0.0414. The first-order chi connectivity index (χ1) is 33.9. The van der Waals surface area contributed by atoms with Gasteiger partial charge in [-0.2, -0.15) is 0 Å². The van der Waals surface area contributed by atoms with Gasteiger partial charge >= 0.3 is 0 Å². The molecular weight excluding hydrogens is 891 g/mol. The Labute approximate surface area is 425 Å². The Balaban J connectivity index is 1.38. The molecule has 3 aromatic rings. The lowest BCUT2D eigenvalue weighted by atomic mass is 9.94. The second kappa shape index (κ2) is 40.6. The largest absolute Gasteiger partial charge is 0.756 e. The molecule has 6 nitrogen and oxygen atoms in total. The molecular formula is C61H102O6P2. The smallest absolute Gasteiger partial charge is 0.267 e. The zero-order valence-corrected chi connectivity index (χ0v) is 46.4. The van der Waals surface area contributed by atoms with Gasteiger partial charge in [0.25, 0.3) is 7.82 Å². The van der Waals surface area contributed by atoms with Crippen LogP contribution in [0.15, 0.2) is 91.0 Å². The summed E-state index contributed by atoms with van der Waals surface area (Å²) in [7, 11) is -6.38. The average Bonchev–Trinajstić information content (AvgIpc) is 3.37. The monoisotopic (exact) mass is 993 g/mol. The topological polar surface area (TPSA) is 77.1 Å². The zero-order chi connectivity index (χ0) is 49.2. The van der Waals surface area contributed by atoms with Crippen molar-refractivity contribution in [2.75, 3.05) is 45.8 Å². The van der Waals surface area contributed by atoms with E-state index in [1.165, 1.54) is 183 Å². The standard InChI is InChI=1S/C61H102O6P2/c1-4-6-8-10-12-14-16-18-20-22-24-26-28-41-51-64-55-61(3,56-65-52-42-29-27-25-23-21-19-17-15-13-11-9-7-5-2)57-67-69(62,63)66-53-43-30-31-44-54-68(58-45-35-32-36-46-58,59-47-37-33-38-48-59)60-49-39-34-40-50-60/h32-40,45-50H,4-31,41-44,51-57H2,1-3H3. The predicted octanol–water partition coefficient (Wildman–Crippen LogP) is 17.0. The maximum absolute atomic E-state index is 13.1. The highest BCUT2D eigenvalue weighted by atomic mass is 31.2. The Morgan fingerprint density at radius 2 is 0.681 bits per heavy atom. The van der Waals surface area contributed by atoms with Crippen LogP contribution in [0.4, 0.5) is 0 Å². The minimum Gasteiger partial charge on any atom is -0.756 e. The van der Waals surface area contributed by atoms with E-state index in [0.29, 0.717) is 32.8 Å². The molecule has 0 saturated heterocycles. The summed E-state index contributed by atoms with van der Waals surface area (Å²) in [5.41, 5.74) is -0.596. The molecule has 0 aromatic heterocycles. The number of benzene rings is 3. The summed E-state index contributed by atoms with van der Waals surface area (Å²) >= 11 is 0. The van der Waals surface area contributed by atoms with Crippen LogP contribution in [-0.2, 0) is 23.1 Å². The number of hydrogen-bond acceptors (Lipinski definition) is 6. The summed E-state index contributed by atoms with van der Waals surface area (Å²) in [5, 5.41) is 4.17. The maximum atomic E-state index is 13.1. The third-order valence-corrected chi connectivity index (χ3v) is 19.5. The molecule has 3 rings (SSSR count). The number of hydrogen-bond donors (Lipinski definition) is 0. The first-order valence-electron chi connectivity index (χ1n) is 28.7. The second-order valence-corrected chi connectivity index (χ2v) is 25.6. The molecule has 0 radical (unpaired) electrons. The van der Waals surface area contributed by atoms with Gasteiger partial charge in [-0.15, -0.1) is 0 Å². The Kier molecular flexibility index (Phi) is 36.1. The minimum atomic E-state index is -4.50. The molecule has 0 heterocycles. The number of phosphoric ester groups is 1. The molecule has 0 spiro atoms. The Morgan fingerprint density at radius 3 is 1.01 bits per heavy atom. The highest BCUT2D eigenvalue weighted by Crippen LogP contribution is 2.56. The molecule has 0 fully saturated rings.